The number of guanidine groups is 1. The third kappa shape index (κ3) is 3.81. The van der Waals surface area contributed by atoms with E-state index in [0.29, 0.717) is 19.7 Å². The number of carbonyl (C=O) groups is 1. The zero-order valence-electron chi connectivity index (χ0n) is 15.7. The maximum atomic E-state index is 12.1. The summed E-state index contributed by atoms with van der Waals surface area (Å²) in [4.78, 5) is 23.3. The number of rotatable bonds is 4. The van der Waals surface area contributed by atoms with Gasteiger partial charge in [-0.2, -0.15) is 0 Å². The smallest absolute Gasteiger partial charge is 0.310 e. The molecule has 1 saturated heterocycles. The average molecular weight is 357 g/mol. The molecule has 0 radical (unpaired) electrons. The van der Waals surface area contributed by atoms with Gasteiger partial charge >= 0.3 is 5.97 Å². The third-order valence-electron chi connectivity index (χ3n) is 4.84. The van der Waals surface area contributed by atoms with Gasteiger partial charge in [0.05, 0.1) is 30.1 Å². The molecule has 1 aromatic carbocycles. The molecule has 0 amide bonds. The minimum Gasteiger partial charge on any atom is -0.466 e. The molecule has 0 saturated carbocycles. The van der Waals surface area contributed by atoms with Gasteiger partial charge in [-0.25, -0.2) is 4.98 Å². The molecule has 1 aliphatic heterocycles. The van der Waals surface area contributed by atoms with Crippen molar-refractivity contribution in [2.75, 3.05) is 26.7 Å². The Balaban J connectivity index is 1.65. The Labute approximate surface area is 154 Å². The molecular formula is C19H27N5O2. The van der Waals surface area contributed by atoms with Crippen molar-refractivity contribution in [3.05, 3.63) is 30.1 Å². The number of aryl methyl sites for hydroxylation is 1. The summed E-state index contributed by atoms with van der Waals surface area (Å²) in [6.45, 7) is 4.38. The first-order chi connectivity index (χ1) is 12.6. The maximum absolute atomic E-state index is 12.1. The maximum Gasteiger partial charge on any atom is 0.310 e. The first-order valence-corrected chi connectivity index (χ1v) is 9.16. The van der Waals surface area contributed by atoms with Crippen LogP contribution in [0.3, 0.4) is 0 Å². The van der Waals surface area contributed by atoms with Gasteiger partial charge in [0.15, 0.2) is 5.96 Å². The number of aromatic nitrogens is 2. The Bertz CT molecular complexity index is 798. The van der Waals surface area contributed by atoms with Gasteiger partial charge in [0, 0.05) is 27.2 Å². The van der Waals surface area contributed by atoms with Crippen molar-refractivity contribution in [3.8, 4) is 0 Å². The predicted molar refractivity (Wildman–Crippen MR) is 102 cm³/mol. The summed E-state index contributed by atoms with van der Waals surface area (Å²) in [6, 6.07) is 8.09. The van der Waals surface area contributed by atoms with E-state index in [0.717, 1.165) is 42.2 Å². The molecule has 0 spiro atoms. The fourth-order valence-corrected chi connectivity index (χ4v) is 3.47. The summed E-state index contributed by atoms with van der Waals surface area (Å²) >= 11 is 0. The molecular weight excluding hydrogens is 330 g/mol. The monoisotopic (exact) mass is 357 g/mol. The molecule has 2 heterocycles. The van der Waals surface area contributed by atoms with E-state index in [1.54, 1.807) is 7.05 Å². The van der Waals surface area contributed by atoms with Crippen LogP contribution in [0.15, 0.2) is 29.3 Å². The van der Waals surface area contributed by atoms with Crippen molar-refractivity contribution in [1.29, 1.82) is 0 Å². The highest BCUT2D eigenvalue weighted by Crippen LogP contribution is 2.18. The van der Waals surface area contributed by atoms with Crippen LogP contribution in [0.2, 0.25) is 0 Å². The Morgan fingerprint density at radius 2 is 2.23 bits per heavy atom. The lowest BCUT2D eigenvalue weighted by molar-refractivity contribution is -0.149. The number of benzene rings is 1. The molecule has 1 unspecified atom stereocenters. The molecule has 1 aromatic heterocycles. The van der Waals surface area contributed by atoms with Crippen LogP contribution in [0.1, 0.15) is 25.6 Å². The molecule has 26 heavy (non-hydrogen) atoms. The van der Waals surface area contributed by atoms with Crippen molar-refractivity contribution >= 4 is 23.0 Å². The fourth-order valence-electron chi connectivity index (χ4n) is 3.47. The number of aliphatic imine (C=N–C) groups is 1. The van der Waals surface area contributed by atoms with E-state index < -0.39 is 0 Å². The van der Waals surface area contributed by atoms with Crippen molar-refractivity contribution < 1.29 is 9.53 Å². The molecule has 7 nitrogen and oxygen atoms in total. The summed E-state index contributed by atoms with van der Waals surface area (Å²) < 4.78 is 7.27. The van der Waals surface area contributed by atoms with Gasteiger partial charge in [-0.05, 0) is 31.9 Å². The highest BCUT2D eigenvalue weighted by molar-refractivity contribution is 5.81. The molecule has 1 atom stereocenters. The molecule has 0 bridgehead atoms. The van der Waals surface area contributed by atoms with Crippen molar-refractivity contribution in [2.45, 2.75) is 26.3 Å². The zero-order chi connectivity index (χ0) is 18.5. The quantitative estimate of drug-likeness (QED) is 0.514. The third-order valence-corrected chi connectivity index (χ3v) is 4.84. The van der Waals surface area contributed by atoms with Crippen LogP contribution in [-0.2, 0) is 23.1 Å². The van der Waals surface area contributed by atoms with Crippen LogP contribution in [0.4, 0.5) is 0 Å². The molecule has 1 N–H and O–H groups in total. The summed E-state index contributed by atoms with van der Waals surface area (Å²) in [7, 11) is 3.79. The summed E-state index contributed by atoms with van der Waals surface area (Å²) in [5, 5.41) is 3.39. The molecule has 1 aliphatic rings. The minimum absolute atomic E-state index is 0.0852. The molecule has 0 aliphatic carbocycles. The van der Waals surface area contributed by atoms with Gasteiger partial charge in [-0.3, -0.25) is 9.79 Å². The molecule has 140 valence electrons. The summed E-state index contributed by atoms with van der Waals surface area (Å²) in [5.74, 6) is 1.55. The van der Waals surface area contributed by atoms with Crippen molar-refractivity contribution in [2.24, 2.45) is 18.0 Å². The Kier molecular flexibility index (Phi) is 5.75. The topological polar surface area (TPSA) is 71.8 Å². The molecule has 1 fully saturated rings. The van der Waals surface area contributed by atoms with E-state index in [4.69, 9.17) is 4.74 Å². The molecule has 2 aromatic rings. The Morgan fingerprint density at radius 3 is 2.96 bits per heavy atom. The number of nitrogens with zero attached hydrogens (tertiary/aromatic N) is 4. The van der Waals surface area contributed by atoms with Crippen molar-refractivity contribution in [1.82, 2.24) is 19.8 Å². The van der Waals surface area contributed by atoms with Crippen LogP contribution in [0.25, 0.3) is 11.0 Å². The van der Waals surface area contributed by atoms with E-state index in [-0.39, 0.29) is 11.9 Å². The molecule has 7 heteroatoms. The second-order valence-electron chi connectivity index (χ2n) is 6.51. The Morgan fingerprint density at radius 1 is 1.42 bits per heavy atom. The molecule has 3 rings (SSSR count). The van der Waals surface area contributed by atoms with E-state index in [1.807, 2.05) is 32.2 Å². The van der Waals surface area contributed by atoms with Crippen LogP contribution in [0, 0.1) is 5.92 Å². The van der Waals surface area contributed by atoms with Crippen LogP contribution < -0.4 is 5.32 Å². The number of fused-ring (bicyclic) bond motifs is 1. The SMILES string of the molecule is CCOC(=O)C1CCCN(C(=NC)NCc2nc3ccccc3n2C)C1. The first kappa shape index (κ1) is 18.2. The minimum atomic E-state index is -0.108. The lowest BCUT2D eigenvalue weighted by Gasteiger charge is -2.33. The number of nitrogens with one attached hydrogen (secondary N) is 1. The highest BCUT2D eigenvalue weighted by Gasteiger charge is 2.28. The number of likely N-dealkylation sites (tertiary alicyclic amines) is 1. The average Bonchev–Trinajstić information content (AvgIpc) is 2.99. The standard InChI is InChI=1S/C19H27N5O2/c1-4-26-18(25)14-8-7-11-24(13-14)19(20-2)21-12-17-22-15-9-5-6-10-16(15)23(17)3/h5-6,9-10,14H,4,7-8,11-13H2,1-3H3,(H,20,21). The largest absolute Gasteiger partial charge is 0.466 e. The van der Waals surface area contributed by atoms with Gasteiger partial charge in [-0.15, -0.1) is 0 Å². The van der Waals surface area contributed by atoms with Gasteiger partial charge in [0.2, 0.25) is 0 Å². The van der Waals surface area contributed by atoms with Gasteiger partial charge in [0.1, 0.15) is 5.82 Å². The van der Waals surface area contributed by atoms with E-state index in [1.165, 1.54) is 0 Å². The number of piperidine rings is 1. The number of imidazole rings is 1. The van der Waals surface area contributed by atoms with Crippen LogP contribution >= 0.6 is 0 Å². The van der Waals surface area contributed by atoms with E-state index in [9.17, 15) is 4.79 Å². The fraction of sp³-hybridized carbons (Fsp3) is 0.526. The number of para-hydroxylation sites is 2. The number of carbonyl (C=O) groups excluding carboxylic acids is 1. The second-order valence-corrected chi connectivity index (χ2v) is 6.51. The Hall–Kier alpha value is -2.57. The number of hydrogen-bond donors (Lipinski definition) is 1. The van der Waals surface area contributed by atoms with Gasteiger partial charge in [-0.1, -0.05) is 12.1 Å². The summed E-state index contributed by atoms with van der Waals surface area (Å²) in [6.07, 6.45) is 1.83. The van der Waals surface area contributed by atoms with E-state index >= 15 is 0 Å². The first-order valence-electron chi connectivity index (χ1n) is 9.16. The lowest BCUT2D eigenvalue weighted by atomic mass is 9.98. The van der Waals surface area contributed by atoms with Crippen LogP contribution in [0.5, 0.6) is 0 Å². The highest BCUT2D eigenvalue weighted by atomic mass is 16.5. The number of ether oxygens (including phenoxy) is 1. The number of esters is 1. The predicted octanol–water partition coefficient (Wildman–Crippen LogP) is 1.92. The van der Waals surface area contributed by atoms with Crippen molar-refractivity contribution in [3.63, 3.8) is 0 Å². The zero-order valence-corrected chi connectivity index (χ0v) is 15.7. The van der Waals surface area contributed by atoms with E-state index in [2.05, 4.69) is 30.8 Å². The van der Waals surface area contributed by atoms with Crippen LogP contribution in [-0.4, -0.2) is 53.1 Å². The lowest BCUT2D eigenvalue weighted by Crippen LogP contribution is -2.48. The number of hydrogen-bond acceptors (Lipinski definition) is 4. The van der Waals surface area contributed by atoms with Gasteiger partial charge in [0.25, 0.3) is 0 Å². The van der Waals surface area contributed by atoms with Gasteiger partial charge < -0.3 is 19.5 Å². The normalized spacial score (nSPS) is 18.2. The summed E-state index contributed by atoms with van der Waals surface area (Å²) in [5.41, 5.74) is 2.10. The second kappa shape index (κ2) is 8.21.